The lowest BCUT2D eigenvalue weighted by Gasteiger charge is -2.34. The topological polar surface area (TPSA) is 54.3 Å². The zero-order valence-electron chi connectivity index (χ0n) is 14.5. The van der Waals surface area contributed by atoms with E-state index < -0.39 is 0 Å². The third kappa shape index (κ3) is 3.00. The fraction of sp³-hybridized carbons (Fsp3) is 0.500. The van der Waals surface area contributed by atoms with Crippen LogP contribution in [-0.2, 0) is 7.05 Å². The van der Waals surface area contributed by atoms with Gasteiger partial charge in [0.25, 0.3) is 5.91 Å². The fourth-order valence-electron chi connectivity index (χ4n) is 3.31. The molecule has 3 rings (SSSR count). The number of piperazine rings is 1. The Morgan fingerprint density at radius 3 is 2.67 bits per heavy atom. The second-order valence-corrected chi connectivity index (χ2v) is 6.31. The van der Waals surface area contributed by atoms with Gasteiger partial charge in [0, 0.05) is 51.9 Å². The molecule has 3 heterocycles. The van der Waals surface area contributed by atoms with Crippen molar-refractivity contribution in [2.24, 2.45) is 7.05 Å². The van der Waals surface area contributed by atoms with Crippen LogP contribution in [0.4, 0.5) is 0 Å². The van der Waals surface area contributed by atoms with Gasteiger partial charge in [0.2, 0.25) is 0 Å². The number of hydrogen-bond donors (Lipinski definition) is 0. The van der Waals surface area contributed by atoms with E-state index in [0.717, 1.165) is 61.6 Å². The normalized spacial score (nSPS) is 15.7. The summed E-state index contributed by atoms with van der Waals surface area (Å²) >= 11 is 0. The molecule has 0 atom stereocenters. The number of carbonyl (C=O) groups is 1. The summed E-state index contributed by atoms with van der Waals surface area (Å²) in [5.74, 6) is 2.74. The molecule has 1 aliphatic rings. The van der Waals surface area contributed by atoms with Gasteiger partial charge in [0.1, 0.15) is 0 Å². The minimum absolute atomic E-state index is 0.0678. The van der Waals surface area contributed by atoms with Crippen molar-refractivity contribution in [3.05, 3.63) is 23.0 Å². The van der Waals surface area contributed by atoms with E-state index in [1.54, 1.807) is 4.68 Å². The maximum absolute atomic E-state index is 13.1. The van der Waals surface area contributed by atoms with Crippen LogP contribution >= 0.6 is 0 Å². The van der Waals surface area contributed by atoms with Crippen molar-refractivity contribution >= 4 is 16.9 Å². The summed E-state index contributed by atoms with van der Waals surface area (Å²) in [6.45, 7) is 7.93. The summed E-state index contributed by atoms with van der Waals surface area (Å²) in [4.78, 5) is 21.8. The highest BCUT2D eigenvalue weighted by molar-refractivity contribution is 6.06. The molecule has 0 aliphatic carbocycles. The van der Waals surface area contributed by atoms with Gasteiger partial charge in [0.15, 0.2) is 5.65 Å². The van der Waals surface area contributed by atoms with Crippen LogP contribution in [0.1, 0.15) is 28.2 Å². The number of aryl methyl sites for hydroxylation is 3. The lowest BCUT2D eigenvalue weighted by atomic mass is 10.1. The molecule has 0 aromatic carbocycles. The molecule has 2 aromatic rings. The van der Waals surface area contributed by atoms with Crippen LogP contribution in [0, 0.1) is 26.2 Å². The Morgan fingerprint density at radius 1 is 1.29 bits per heavy atom. The predicted octanol–water partition coefficient (Wildman–Crippen LogP) is 1.37. The summed E-state index contributed by atoms with van der Waals surface area (Å²) in [5, 5.41) is 5.29. The summed E-state index contributed by atoms with van der Waals surface area (Å²) in [6, 6.07) is 1.88. The van der Waals surface area contributed by atoms with Crippen molar-refractivity contribution in [3.8, 4) is 12.3 Å². The molecule has 0 unspecified atom stereocenters. The summed E-state index contributed by atoms with van der Waals surface area (Å²) in [7, 11) is 1.86. The van der Waals surface area contributed by atoms with Crippen LogP contribution in [0.3, 0.4) is 0 Å². The van der Waals surface area contributed by atoms with Crippen LogP contribution in [0.25, 0.3) is 11.0 Å². The molecular formula is C18H23N5O. The molecule has 1 saturated heterocycles. The van der Waals surface area contributed by atoms with E-state index in [4.69, 9.17) is 6.42 Å². The predicted molar refractivity (Wildman–Crippen MR) is 93.8 cm³/mol. The quantitative estimate of drug-likeness (QED) is 0.800. The van der Waals surface area contributed by atoms with E-state index in [9.17, 15) is 4.79 Å². The van der Waals surface area contributed by atoms with Crippen molar-refractivity contribution in [1.29, 1.82) is 0 Å². The number of aromatic nitrogens is 3. The van der Waals surface area contributed by atoms with Gasteiger partial charge in [-0.1, -0.05) is 0 Å². The molecule has 0 bridgehead atoms. The second kappa shape index (κ2) is 6.62. The van der Waals surface area contributed by atoms with Crippen molar-refractivity contribution in [3.63, 3.8) is 0 Å². The van der Waals surface area contributed by atoms with E-state index >= 15 is 0 Å². The Hall–Kier alpha value is -2.39. The number of hydrogen-bond acceptors (Lipinski definition) is 4. The molecule has 0 saturated carbocycles. The van der Waals surface area contributed by atoms with E-state index in [2.05, 4.69) is 20.9 Å². The first-order valence-corrected chi connectivity index (χ1v) is 8.27. The van der Waals surface area contributed by atoms with E-state index in [1.807, 2.05) is 31.9 Å². The van der Waals surface area contributed by atoms with Gasteiger partial charge < -0.3 is 4.90 Å². The van der Waals surface area contributed by atoms with Gasteiger partial charge in [-0.15, -0.1) is 12.3 Å². The Bertz CT molecular complexity index is 809. The van der Waals surface area contributed by atoms with Gasteiger partial charge in [-0.2, -0.15) is 5.10 Å². The molecule has 1 amide bonds. The fourth-order valence-corrected chi connectivity index (χ4v) is 3.31. The van der Waals surface area contributed by atoms with Crippen LogP contribution < -0.4 is 0 Å². The minimum atomic E-state index is 0.0678. The molecule has 0 radical (unpaired) electrons. The lowest BCUT2D eigenvalue weighted by molar-refractivity contribution is 0.0641. The standard InChI is InChI=1S/C18H23N5O/c1-5-6-7-22-8-10-23(11-9-22)18(24)15-12-13(2)19-17-16(15)14(3)20-21(17)4/h1,12H,6-11H2,2-4H3. The smallest absolute Gasteiger partial charge is 0.254 e. The third-order valence-electron chi connectivity index (χ3n) is 4.56. The van der Waals surface area contributed by atoms with E-state index in [1.165, 1.54) is 0 Å². The van der Waals surface area contributed by atoms with Gasteiger partial charge in [-0.3, -0.25) is 14.4 Å². The van der Waals surface area contributed by atoms with Gasteiger partial charge in [-0.05, 0) is 19.9 Å². The van der Waals surface area contributed by atoms with Crippen LogP contribution in [0.15, 0.2) is 6.07 Å². The number of amides is 1. The maximum Gasteiger partial charge on any atom is 0.254 e. The highest BCUT2D eigenvalue weighted by Gasteiger charge is 2.25. The van der Waals surface area contributed by atoms with Gasteiger partial charge in [-0.25, -0.2) is 4.98 Å². The van der Waals surface area contributed by atoms with Gasteiger partial charge >= 0.3 is 0 Å². The average molecular weight is 325 g/mol. The molecule has 6 heteroatoms. The average Bonchev–Trinajstić information content (AvgIpc) is 2.86. The summed E-state index contributed by atoms with van der Waals surface area (Å²) in [5.41, 5.74) is 3.15. The van der Waals surface area contributed by atoms with Crippen LogP contribution in [-0.4, -0.2) is 63.2 Å². The van der Waals surface area contributed by atoms with E-state index in [-0.39, 0.29) is 5.91 Å². The molecule has 1 aliphatic heterocycles. The molecule has 2 aromatic heterocycles. The molecule has 6 nitrogen and oxygen atoms in total. The first-order chi connectivity index (χ1) is 11.5. The zero-order chi connectivity index (χ0) is 17.3. The number of pyridine rings is 1. The SMILES string of the molecule is C#CCCN1CCN(C(=O)c2cc(C)nc3c2c(C)nn3C)CC1. The van der Waals surface area contributed by atoms with Gasteiger partial charge in [0.05, 0.1) is 16.6 Å². The second-order valence-electron chi connectivity index (χ2n) is 6.31. The van der Waals surface area contributed by atoms with Crippen molar-refractivity contribution in [1.82, 2.24) is 24.6 Å². The summed E-state index contributed by atoms with van der Waals surface area (Å²) in [6.07, 6.45) is 6.08. The molecule has 0 spiro atoms. The first-order valence-electron chi connectivity index (χ1n) is 8.27. The van der Waals surface area contributed by atoms with Crippen molar-refractivity contribution in [2.75, 3.05) is 32.7 Å². The van der Waals surface area contributed by atoms with Crippen LogP contribution in [0.2, 0.25) is 0 Å². The monoisotopic (exact) mass is 325 g/mol. The minimum Gasteiger partial charge on any atom is -0.336 e. The molecule has 126 valence electrons. The number of rotatable bonds is 3. The zero-order valence-corrected chi connectivity index (χ0v) is 14.5. The number of carbonyl (C=O) groups excluding carboxylic acids is 1. The Morgan fingerprint density at radius 2 is 2.00 bits per heavy atom. The number of terminal acetylenes is 1. The number of nitrogens with zero attached hydrogens (tertiary/aromatic N) is 5. The highest BCUT2D eigenvalue weighted by atomic mass is 16.2. The Kier molecular flexibility index (Phi) is 4.54. The Labute approximate surface area is 142 Å². The van der Waals surface area contributed by atoms with Crippen molar-refractivity contribution in [2.45, 2.75) is 20.3 Å². The largest absolute Gasteiger partial charge is 0.336 e. The lowest BCUT2D eigenvalue weighted by Crippen LogP contribution is -2.48. The molecule has 1 fully saturated rings. The highest BCUT2D eigenvalue weighted by Crippen LogP contribution is 2.23. The van der Waals surface area contributed by atoms with Crippen LogP contribution in [0.5, 0.6) is 0 Å². The molecule has 24 heavy (non-hydrogen) atoms. The van der Waals surface area contributed by atoms with Crippen molar-refractivity contribution < 1.29 is 4.79 Å². The van der Waals surface area contributed by atoms with E-state index in [0.29, 0.717) is 5.56 Å². The molecular weight excluding hydrogens is 302 g/mol. The number of fused-ring (bicyclic) bond motifs is 1. The third-order valence-corrected chi connectivity index (χ3v) is 4.56. The Balaban J connectivity index is 1.84. The maximum atomic E-state index is 13.1. The first kappa shape index (κ1) is 16.5. The summed E-state index contributed by atoms with van der Waals surface area (Å²) < 4.78 is 1.74. The molecule has 0 N–H and O–H groups in total.